The fraction of sp³-hybridized carbons (Fsp3) is 0.526. The summed E-state index contributed by atoms with van der Waals surface area (Å²) < 4.78 is 10.6. The molecule has 6 heterocycles. The number of anilines is 2. The maximum Gasteiger partial charge on any atom is 0.246 e. The molecule has 0 radical (unpaired) electrons. The summed E-state index contributed by atoms with van der Waals surface area (Å²) in [5.74, 6) is 3.84. The molecule has 0 aromatic carbocycles. The van der Waals surface area contributed by atoms with Gasteiger partial charge in [-0.15, -0.1) is 0 Å². The van der Waals surface area contributed by atoms with Crippen LogP contribution in [0.2, 0.25) is 0 Å². The monoisotopic (exact) mass is 710 g/mol. The Morgan fingerprint density at radius 2 is 1.21 bits per heavy atom. The van der Waals surface area contributed by atoms with Crippen LogP contribution >= 0.6 is 0 Å². The van der Waals surface area contributed by atoms with Gasteiger partial charge in [0.2, 0.25) is 11.8 Å². The molecule has 4 aliphatic rings. The van der Waals surface area contributed by atoms with Gasteiger partial charge in [0.05, 0.1) is 10.8 Å². The number of hydrogen-bond acceptors (Lipinski definition) is 10. The van der Waals surface area contributed by atoms with E-state index in [-0.39, 0.29) is 23.9 Å². The van der Waals surface area contributed by atoms with Crippen molar-refractivity contribution in [1.82, 2.24) is 39.7 Å². The summed E-state index contributed by atoms with van der Waals surface area (Å²) in [6.07, 6.45) is 16.3. The smallest absolute Gasteiger partial charge is 0.246 e. The van der Waals surface area contributed by atoms with Gasteiger partial charge in [0.25, 0.3) is 0 Å². The van der Waals surface area contributed by atoms with Crippen molar-refractivity contribution in [3.63, 3.8) is 0 Å². The van der Waals surface area contributed by atoms with Gasteiger partial charge in [0.1, 0.15) is 35.6 Å². The molecule has 8 rings (SSSR count). The summed E-state index contributed by atoms with van der Waals surface area (Å²) in [5.41, 5.74) is 4.24. The van der Waals surface area contributed by atoms with Crippen LogP contribution in [0.4, 0.5) is 11.6 Å². The van der Waals surface area contributed by atoms with E-state index >= 15 is 0 Å². The van der Waals surface area contributed by atoms with Gasteiger partial charge < -0.3 is 39.9 Å². The number of H-pyrrole nitrogens is 2. The van der Waals surface area contributed by atoms with Crippen molar-refractivity contribution in [3.05, 3.63) is 61.5 Å². The van der Waals surface area contributed by atoms with Crippen molar-refractivity contribution in [2.75, 3.05) is 64.2 Å². The molecule has 4 N–H and O–H groups in total. The maximum absolute atomic E-state index is 11.9. The molecule has 2 aliphatic heterocycles. The minimum Gasteiger partial charge on any atom is -0.384 e. The highest BCUT2D eigenvalue weighted by molar-refractivity contribution is 5.92. The fourth-order valence-corrected chi connectivity index (χ4v) is 8.07. The van der Waals surface area contributed by atoms with E-state index in [1.165, 1.54) is 23.3 Å². The molecule has 14 heteroatoms. The van der Waals surface area contributed by atoms with Gasteiger partial charge in [-0.1, -0.05) is 13.2 Å². The van der Waals surface area contributed by atoms with E-state index in [1.54, 1.807) is 26.9 Å². The van der Waals surface area contributed by atoms with Crippen molar-refractivity contribution < 1.29 is 19.1 Å². The number of nitrogens with zero attached hydrogens (tertiary/aromatic N) is 6. The largest absolute Gasteiger partial charge is 0.384 e. The van der Waals surface area contributed by atoms with Gasteiger partial charge in [-0.05, 0) is 85.5 Å². The summed E-state index contributed by atoms with van der Waals surface area (Å²) in [6, 6.07) is 0.366. The molecule has 0 unspecified atom stereocenters. The fourth-order valence-electron chi connectivity index (χ4n) is 8.07. The second-order valence-corrected chi connectivity index (χ2v) is 14.4. The number of aromatic amines is 2. The normalized spacial score (nSPS) is 25.3. The summed E-state index contributed by atoms with van der Waals surface area (Å²) in [6.45, 7) is 11.7. The molecule has 276 valence electrons. The lowest BCUT2D eigenvalue weighted by molar-refractivity contribution is -0.127. The van der Waals surface area contributed by atoms with Gasteiger partial charge in [-0.25, -0.2) is 19.9 Å². The van der Waals surface area contributed by atoms with E-state index in [9.17, 15) is 9.59 Å². The first-order valence-corrected chi connectivity index (χ1v) is 18.4. The number of ether oxygens (including phenoxy) is 2. The molecule has 4 fully saturated rings. The second-order valence-electron chi connectivity index (χ2n) is 14.4. The van der Waals surface area contributed by atoms with E-state index < -0.39 is 0 Å². The van der Waals surface area contributed by atoms with Crippen molar-refractivity contribution in [1.29, 1.82) is 0 Å². The Labute approximate surface area is 303 Å². The van der Waals surface area contributed by atoms with Crippen molar-refractivity contribution >= 4 is 45.5 Å². The Bertz CT molecular complexity index is 1770. The van der Waals surface area contributed by atoms with Crippen molar-refractivity contribution in [2.45, 2.75) is 62.4 Å². The topological polar surface area (TPSA) is 166 Å². The molecule has 0 bridgehead atoms. The predicted molar refractivity (Wildman–Crippen MR) is 200 cm³/mol. The molecule has 2 aliphatic carbocycles. The van der Waals surface area contributed by atoms with E-state index in [1.807, 2.05) is 9.80 Å². The van der Waals surface area contributed by atoms with E-state index in [0.29, 0.717) is 36.8 Å². The third kappa shape index (κ3) is 7.68. The highest BCUT2D eigenvalue weighted by Gasteiger charge is 2.41. The van der Waals surface area contributed by atoms with Gasteiger partial charge >= 0.3 is 0 Å². The third-order valence-electron chi connectivity index (χ3n) is 10.9. The second kappa shape index (κ2) is 15.8. The molecule has 2 saturated carbocycles. The Kier molecular flexibility index (Phi) is 10.8. The van der Waals surface area contributed by atoms with E-state index in [0.717, 1.165) is 98.5 Å². The molecule has 2 saturated heterocycles. The number of carbonyl (C=O) groups excluding carboxylic acids is 2. The lowest BCUT2D eigenvalue weighted by Crippen LogP contribution is -2.44. The Hall–Kier alpha value is -4.82. The molecule has 6 atom stereocenters. The van der Waals surface area contributed by atoms with Crippen LogP contribution in [-0.2, 0) is 19.1 Å². The molecule has 4 aromatic rings. The average Bonchev–Trinajstić information content (AvgIpc) is 4.02. The van der Waals surface area contributed by atoms with Crippen LogP contribution in [0.25, 0.3) is 22.1 Å². The molecular formula is C38H50N10O4. The van der Waals surface area contributed by atoms with Gasteiger partial charge in [-0.2, -0.15) is 0 Å². The van der Waals surface area contributed by atoms with Gasteiger partial charge in [0, 0.05) is 78.1 Å². The van der Waals surface area contributed by atoms with E-state index in [2.05, 4.69) is 66.1 Å². The van der Waals surface area contributed by atoms with Crippen LogP contribution in [0.3, 0.4) is 0 Å². The summed E-state index contributed by atoms with van der Waals surface area (Å²) in [5, 5.41) is 9.26. The van der Waals surface area contributed by atoms with Crippen LogP contribution in [0.15, 0.2) is 50.4 Å². The molecule has 52 heavy (non-hydrogen) atoms. The Balaban J connectivity index is 0.000000162. The lowest BCUT2D eigenvalue weighted by atomic mass is 10.0. The number of rotatable bonds is 12. The predicted octanol–water partition coefficient (Wildman–Crippen LogP) is 4.59. The minimum atomic E-state index is -0.00736. The summed E-state index contributed by atoms with van der Waals surface area (Å²) in [7, 11) is 3.50. The number of piperidine rings is 2. The number of aromatic nitrogens is 6. The number of likely N-dealkylation sites (tertiary alicyclic amines) is 2. The lowest BCUT2D eigenvalue weighted by Gasteiger charge is -2.33. The number of amides is 2. The standard InChI is InChI=1S/2C19H25N5O2/c2*1-3-16(25)24-6-4-5-13(9-24)23-19-17-15(14-7-12(14)10-26-2)8-20-18(17)21-11-22-19/h2*3,8,11-14H,1,4-7,9-10H2,2H3,(H2,20,21,22,23)/t12-,13+,14+;12-,13-,14+/m01/s1. The average molecular weight is 711 g/mol. The van der Waals surface area contributed by atoms with Crippen LogP contribution in [0, 0.1) is 11.8 Å². The first kappa shape index (κ1) is 35.6. The Morgan fingerprint density at radius 3 is 1.62 bits per heavy atom. The molecular weight excluding hydrogens is 660 g/mol. The van der Waals surface area contributed by atoms with Gasteiger partial charge in [-0.3, -0.25) is 9.59 Å². The number of carbonyl (C=O) groups is 2. The number of fused-ring (bicyclic) bond motifs is 2. The Morgan fingerprint density at radius 1 is 0.769 bits per heavy atom. The highest BCUT2D eigenvalue weighted by Crippen LogP contribution is 2.51. The van der Waals surface area contributed by atoms with Crippen molar-refractivity contribution in [3.8, 4) is 0 Å². The van der Waals surface area contributed by atoms with Crippen molar-refractivity contribution in [2.24, 2.45) is 11.8 Å². The van der Waals surface area contributed by atoms with Crippen LogP contribution < -0.4 is 10.6 Å². The summed E-state index contributed by atoms with van der Waals surface area (Å²) in [4.78, 5) is 51.9. The molecule has 14 nitrogen and oxygen atoms in total. The molecule has 0 spiro atoms. The summed E-state index contributed by atoms with van der Waals surface area (Å²) >= 11 is 0. The number of nitrogens with one attached hydrogen (secondary N) is 4. The molecule has 4 aromatic heterocycles. The van der Waals surface area contributed by atoms with Crippen LogP contribution in [-0.4, -0.2) is 117 Å². The highest BCUT2D eigenvalue weighted by atomic mass is 16.5. The zero-order valence-corrected chi connectivity index (χ0v) is 30.1. The molecule has 2 amide bonds. The zero-order valence-electron chi connectivity index (χ0n) is 30.1. The third-order valence-corrected chi connectivity index (χ3v) is 10.9. The van der Waals surface area contributed by atoms with E-state index in [4.69, 9.17) is 9.47 Å². The maximum atomic E-state index is 11.9. The van der Waals surface area contributed by atoms with Crippen LogP contribution in [0.5, 0.6) is 0 Å². The first-order valence-electron chi connectivity index (χ1n) is 18.4. The van der Waals surface area contributed by atoms with Gasteiger partial charge in [0.15, 0.2) is 0 Å². The number of hydrogen-bond donors (Lipinski definition) is 4. The zero-order chi connectivity index (χ0) is 36.2. The number of methoxy groups -OCH3 is 2. The quantitative estimate of drug-likeness (QED) is 0.153. The minimum absolute atomic E-state index is 0.00736. The SMILES string of the molecule is C=CC(=O)N1CCC[C@@H](Nc2ncnc3[nH]cc([C@@H]4C[C@H]4COC)c23)C1.C=CC(=O)N1CCC[C@@H](Nc2ncnc3[nH]cc([C@H]4C[C@@H]4COC)c23)C1. The van der Waals surface area contributed by atoms with Crippen LogP contribution in [0.1, 0.15) is 61.5 Å². The first-order chi connectivity index (χ1) is 25.4.